The van der Waals surface area contributed by atoms with Crippen LogP contribution < -0.4 is 0 Å². The van der Waals surface area contributed by atoms with E-state index in [2.05, 4.69) is 96.0 Å². The molecule has 0 fully saturated rings. The van der Waals surface area contributed by atoms with Crippen molar-refractivity contribution in [1.82, 2.24) is 9.97 Å². The zero-order chi connectivity index (χ0) is 23.4. The Bertz CT molecular complexity index is 1890. The monoisotopic (exact) mass is 456 g/mol. The minimum atomic E-state index is -0.331. The number of hydrogen-bond acceptors (Lipinski definition) is 2. The highest BCUT2D eigenvalue weighted by atomic mass is 14.7. The van der Waals surface area contributed by atoms with E-state index in [1.54, 1.807) is 0 Å². The Morgan fingerprint density at radius 2 is 1.19 bits per heavy atom. The number of aromatic nitrogens is 2. The first kappa shape index (κ1) is 18.7. The molecule has 3 aliphatic rings. The Hall–Kier alpha value is -4.56. The average Bonchev–Trinajstić information content (AvgIpc) is 3.54. The maximum atomic E-state index is 4.89. The predicted octanol–water partition coefficient (Wildman–Crippen LogP) is 7.54. The lowest BCUT2D eigenvalue weighted by atomic mass is 9.70. The van der Waals surface area contributed by atoms with Gasteiger partial charge in [0.25, 0.3) is 0 Å². The lowest BCUT2D eigenvalue weighted by molar-refractivity contribution is 0.790. The van der Waals surface area contributed by atoms with Crippen molar-refractivity contribution in [2.75, 3.05) is 0 Å². The van der Waals surface area contributed by atoms with Crippen LogP contribution in [0, 0.1) is 0 Å². The van der Waals surface area contributed by atoms with Crippen LogP contribution in [0.2, 0.25) is 0 Å². The Kier molecular flexibility index (Phi) is 3.31. The van der Waals surface area contributed by atoms with Gasteiger partial charge in [-0.3, -0.25) is 9.97 Å². The molecule has 166 valence electrons. The van der Waals surface area contributed by atoms with Crippen molar-refractivity contribution in [1.29, 1.82) is 0 Å². The van der Waals surface area contributed by atoms with E-state index >= 15 is 0 Å². The van der Waals surface area contributed by atoms with E-state index in [0.29, 0.717) is 0 Å². The molecule has 0 bridgehead atoms. The van der Waals surface area contributed by atoms with Gasteiger partial charge in [0.2, 0.25) is 0 Å². The lowest BCUT2D eigenvalue weighted by Gasteiger charge is -2.30. The van der Waals surface area contributed by atoms with Crippen LogP contribution in [0.5, 0.6) is 0 Å². The summed E-state index contributed by atoms with van der Waals surface area (Å²) in [4.78, 5) is 9.54. The smallest absolute Gasteiger partial charge is 0.0753 e. The van der Waals surface area contributed by atoms with Gasteiger partial charge < -0.3 is 0 Å². The second-order valence-corrected chi connectivity index (χ2v) is 10.2. The third-order valence-electron chi connectivity index (χ3n) is 8.57. The second-order valence-electron chi connectivity index (χ2n) is 10.2. The number of nitrogens with zero attached hydrogens (tertiary/aromatic N) is 2. The average molecular weight is 457 g/mol. The molecule has 2 aromatic heterocycles. The van der Waals surface area contributed by atoms with Crippen LogP contribution in [-0.2, 0) is 11.8 Å². The maximum Gasteiger partial charge on any atom is 0.0753 e. The third kappa shape index (κ3) is 2.06. The van der Waals surface area contributed by atoms with Gasteiger partial charge in [0.05, 0.1) is 16.6 Å². The molecule has 36 heavy (non-hydrogen) atoms. The maximum absolute atomic E-state index is 4.89. The molecule has 0 saturated heterocycles. The molecule has 1 unspecified atom stereocenters. The number of hydrogen-bond donors (Lipinski definition) is 0. The van der Waals surface area contributed by atoms with Crippen molar-refractivity contribution < 1.29 is 0 Å². The van der Waals surface area contributed by atoms with Gasteiger partial charge in [-0.05, 0) is 92.4 Å². The van der Waals surface area contributed by atoms with Crippen LogP contribution in [-0.4, -0.2) is 9.97 Å². The minimum Gasteiger partial charge on any atom is -0.256 e. The van der Waals surface area contributed by atoms with Gasteiger partial charge in [0.1, 0.15) is 0 Å². The highest BCUT2D eigenvalue weighted by Gasteiger charge is 2.52. The Morgan fingerprint density at radius 3 is 2.11 bits per heavy atom. The Balaban J connectivity index is 1.40. The summed E-state index contributed by atoms with van der Waals surface area (Å²) in [6, 6.07) is 36.0. The normalized spacial score (nSPS) is 17.4. The van der Waals surface area contributed by atoms with Gasteiger partial charge in [-0.15, -0.1) is 0 Å². The van der Waals surface area contributed by atoms with E-state index < -0.39 is 0 Å². The summed E-state index contributed by atoms with van der Waals surface area (Å²) in [5.41, 5.74) is 16.6. The molecule has 2 nitrogen and oxygen atoms in total. The molecule has 0 N–H and O–H groups in total. The van der Waals surface area contributed by atoms with Crippen LogP contribution in [0.25, 0.3) is 44.4 Å². The van der Waals surface area contributed by atoms with Gasteiger partial charge in [-0.25, -0.2) is 0 Å². The largest absolute Gasteiger partial charge is 0.256 e. The van der Waals surface area contributed by atoms with Gasteiger partial charge in [-0.1, -0.05) is 66.7 Å². The highest BCUT2D eigenvalue weighted by molar-refractivity contribution is 5.97. The van der Waals surface area contributed by atoms with Crippen LogP contribution in [0.3, 0.4) is 0 Å². The molecular formula is C34H20N2. The summed E-state index contributed by atoms with van der Waals surface area (Å²) in [5.74, 6) is 0. The molecule has 4 aromatic carbocycles. The quantitative estimate of drug-likeness (QED) is 0.235. The Labute approximate surface area is 208 Å². The summed E-state index contributed by atoms with van der Waals surface area (Å²) in [6.07, 6.45) is 4.77. The summed E-state index contributed by atoms with van der Waals surface area (Å²) in [6.45, 7) is 0. The van der Waals surface area contributed by atoms with E-state index in [9.17, 15) is 0 Å². The van der Waals surface area contributed by atoms with Gasteiger partial charge in [0, 0.05) is 23.3 Å². The van der Waals surface area contributed by atoms with Crippen molar-refractivity contribution in [2.24, 2.45) is 0 Å². The van der Waals surface area contributed by atoms with Crippen LogP contribution in [0.4, 0.5) is 0 Å². The summed E-state index contributed by atoms with van der Waals surface area (Å²) in [5, 5.41) is 1.21. The third-order valence-corrected chi connectivity index (χ3v) is 8.57. The van der Waals surface area contributed by atoms with Crippen LogP contribution in [0.1, 0.15) is 33.4 Å². The van der Waals surface area contributed by atoms with Crippen molar-refractivity contribution in [2.45, 2.75) is 11.8 Å². The molecule has 1 spiro atoms. The fourth-order valence-electron chi connectivity index (χ4n) is 7.20. The molecule has 6 aromatic rings. The fourth-order valence-corrected chi connectivity index (χ4v) is 7.20. The number of rotatable bonds is 0. The number of fused-ring (bicyclic) bond motifs is 14. The minimum absolute atomic E-state index is 0.331. The SMILES string of the molecule is c1ccc2c(c1)-c1cc3c(cc1C21c2ccccc2-c2ncccc21)Cc1cc2cccnc2cc1-3. The molecule has 0 aliphatic heterocycles. The molecule has 9 rings (SSSR count). The summed E-state index contributed by atoms with van der Waals surface area (Å²) in [7, 11) is 0. The first-order valence-electron chi connectivity index (χ1n) is 12.5. The van der Waals surface area contributed by atoms with E-state index in [1.165, 1.54) is 66.6 Å². The Morgan fingerprint density at radius 1 is 0.500 bits per heavy atom. The first-order chi connectivity index (χ1) is 17.8. The van der Waals surface area contributed by atoms with E-state index in [-0.39, 0.29) is 5.41 Å². The molecule has 2 heterocycles. The van der Waals surface area contributed by atoms with Gasteiger partial charge in [-0.2, -0.15) is 0 Å². The molecular weight excluding hydrogens is 436 g/mol. The molecule has 0 saturated carbocycles. The summed E-state index contributed by atoms with van der Waals surface area (Å²) >= 11 is 0. The van der Waals surface area contributed by atoms with Crippen molar-refractivity contribution >= 4 is 10.9 Å². The van der Waals surface area contributed by atoms with Crippen LogP contribution in [0.15, 0.2) is 109 Å². The second kappa shape index (κ2) is 6.35. The van der Waals surface area contributed by atoms with Crippen molar-refractivity contribution in [3.63, 3.8) is 0 Å². The molecule has 0 radical (unpaired) electrons. The fraction of sp³-hybridized carbons (Fsp3) is 0.0588. The van der Waals surface area contributed by atoms with Crippen LogP contribution >= 0.6 is 0 Å². The highest BCUT2D eigenvalue weighted by Crippen LogP contribution is 2.63. The molecule has 0 amide bonds. The zero-order valence-corrected chi connectivity index (χ0v) is 19.5. The van der Waals surface area contributed by atoms with Gasteiger partial charge in [0.15, 0.2) is 0 Å². The lowest BCUT2D eigenvalue weighted by Crippen LogP contribution is -2.26. The zero-order valence-electron chi connectivity index (χ0n) is 19.5. The summed E-state index contributed by atoms with van der Waals surface area (Å²) < 4.78 is 0. The van der Waals surface area contributed by atoms with E-state index in [4.69, 9.17) is 4.98 Å². The topological polar surface area (TPSA) is 25.8 Å². The molecule has 3 aliphatic carbocycles. The van der Waals surface area contributed by atoms with E-state index in [0.717, 1.165) is 17.6 Å². The van der Waals surface area contributed by atoms with E-state index in [1.807, 2.05) is 18.5 Å². The standard InChI is InChI=1S/C34H20N2/c1-3-10-28-23(8-1)27-18-25-22(16-21-15-20-7-5-13-35-32(20)19-26(21)25)17-31(27)34(28)29-11-4-2-9-24(29)33-30(34)12-6-14-36-33/h1-15,17-19H,16H2. The molecule has 2 heteroatoms. The first-order valence-corrected chi connectivity index (χ1v) is 12.5. The molecule has 1 atom stereocenters. The number of benzene rings is 4. The van der Waals surface area contributed by atoms with Gasteiger partial charge >= 0.3 is 0 Å². The van der Waals surface area contributed by atoms with Crippen molar-refractivity contribution in [3.05, 3.63) is 143 Å². The predicted molar refractivity (Wildman–Crippen MR) is 144 cm³/mol. The van der Waals surface area contributed by atoms with Crippen molar-refractivity contribution in [3.8, 4) is 33.5 Å². The number of pyridine rings is 2.